The van der Waals surface area contributed by atoms with Crippen LogP contribution in [-0.2, 0) is 27.6 Å². The Kier molecular flexibility index (Phi) is 11.6. The normalized spacial score (nSPS) is 9.95. The van der Waals surface area contributed by atoms with E-state index in [1.807, 2.05) is 0 Å². The first kappa shape index (κ1) is 21.7. The molecule has 7 heteroatoms. The largest absolute Gasteiger partial charge is 0.504 e. The van der Waals surface area contributed by atoms with Crippen molar-refractivity contribution in [3.05, 3.63) is 37.0 Å². The van der Waals surface area contributed by atoms with Crippen LogP contribution in [0.2, 0.25) is 6.04 Å². The maximum Gasteiger partial charge on any atom is 0.504 e. The van der Waals surface area contributed by atoms with Crippen LogP contribution in [0.3, 0.4) is 0 Å². The Morgan fingerprint density at radius 2 is 1.29 bits per heavy atom. The Labute approximate surface area is 127 Å². The van der Waals surface area contributed by atoms with Crippen LogP contribution in [0.4, 0.5) is 0 Å². The summed E-state index contributed by atoms with van der Waals surface area (Å²) in [4.78, 5) is 21.3. The quantitative estimate of drug-likeness (QED) is 0.236. The molecule has 0 aromatic rings. The maximum atomic E-state index is 10.7. The van der Waals surface area contributed by atoms with Crippen molar-refractivity contribution in [1.29, 1.82) is 0 Å². The van der Waals surface area contributed by atoms with E-state index in [2.05, 4.69) is 24.5 Å². The standard InChI is InChI=1S/C8H10O3.C6H14O3Si/c1-5(2)7(9)11-8(10)6(3)4;1-5-6-10(7-2,8-3)9-4/h1,3H2,2,4H3;5H,1,6H2,2-4H3. The van der Waals surface area contributed by atoms with Crippen molar-refractivity contribution in [2.24, 2.45) is 0 Å². The monoisotopic (exact) mass is 316 g/mol. The molecule has 0 spiro atoms. The first-order valence-corrected chi connectivity index (χ1v) is 7.96. The fourth-order valence-electron chi connectivity index (χ4n) is 0.935. The lowest BCUT2D eigenvalue weighted by Gasteiger charge is -2.22. The van der Waals surface area contributed by atoms with Crippen molar-refractivity contribution in [1.82, 2.24) is 0 Å². The molecular weight excluding hydrogens is 292 g/mol. The molecule has 0 aliphatic rings. The molecule has 0 aliphatic carbocycles. The van der Waals surface area contributed by atoms with Gasteiger partial charge in [-0.25, -0.2) is 9.59 Å². The van der Waals surface area contributed by atoms with E-state index in [1.54, 1.807) is 27.4 Å². The van der Waals surface area contributed by atoms with E-state index in [1.165, 1.54) is 13.8 Å². The van der Waals surface area contributed by atoms with Crippen LogP contribution in [0.25, 0.3) is 0 Å². The third kappa shape index (κ3) is 9.08. The molecule has 0 saturated carbocycles. The number of ether oxygens (including phenoxy) is 1. The van der Waals surface area contributed by atoms with Gasteiger partial charge in [0.25, 0.3) is 0 Å². The molecule has 0 amide bonds. The summed E-state index contributed by atoms with van der Waals surface area (Å²) in [5, 5.41) is 0. The lowest BCUT2D eigenvalue weighted by molar-refractivity contribution is -0.153. The molecule has 0 unspecified atom stereocenters. The van der Waals surface area contributed by atoms with E-state index in [4.69, 9.17) is 13.3 Å². The third-order valence-electron chi connectivity index (χ3n) is 2.21. The summed E-state index contributed by atoms with van der Waals surface area (Å²) in [6, 6.07) is 0.649. The molecule has 21 heavy (non-hydrogen) atoms. The highest BCUT2D eigenvalue weighted by atomic mass is 28.4. The second kappa shape index (κ2) is 11.2. The summed E-state index contributed by atoms with van der Waals surface area (Å²) in [7, 11) is 2.42. The molecular formula is C14H24O6Si. The van der Waals surface area contributed by atoms with E-state index in [9.17, 15) is 9.59 Å². The van der Waals surface area contributed by atoms with Gasteiger partial charge >= 0.3 is 20.7 Å². The number of carbonyl (C=O) groups excluding carboxylic acids is 2. The molecule has 6 nitrogen and oxygen atoms in total. The van der Waals surface area contributed by atoms with E-state index in [0.717, 1.165) is 0 Å². The maximum absolute atomic E-state index is 10.7. The van der Waals surface area contributed by atoms with Gasteiger partial charge in [0.15, 0.2) is 0 Å². The van der Waals surface area contributed by atoms with Gasteiger partial charge in [0.05, 0.1) is 0 Å². The lowest BCUT2D eigenvalue weighted by atomic mass is 10.3. The van der Waals surface area contributed by atoms with Gasteiger partial charge in [-0.15, -0.1) is 6.58 Å². The summed E-state index contributed by atoms with van der Waals surface area (Å²) in [6.45, 7) is 13.1. The van der Waals surface area contributed by atoms with Crippen LogP contribution in [0.5, 0.6) is 0 Å². The van der Waals surface area contributed by atoms with Gasteiger partial charge in [-0.2, -0.15) is 0 Å². The molecule has 0 aromatic heterocycles. The highest BCUT2D eigenvalue weighted by molar-refractivity contribution is 6.61. The molecule has 0 aromatic carbocycles. The van der Waals surface area contributed by atoms with E-state index in [-0.39, 0.29) is 11.1 Å². The predicted octanol–water partition coefficient (Wildman–Crippen LogP) is 2.26. The van der Waals surface area contributed by atoms with Crippen molar-refractivity contribution in [3.8, 4) is 0 Å². The topological polar surface area (TPSA) is 71.1 Å². The van der Waals surface area contributed by atoms with Gasteiger partial charge in [-0.3, -0.25) is 0 Å². The molecule has 0 fully saturated rings. The minimum absolute atomic E-state index is 0.194. The molecule has 0 radical (unpaired) electrons. The molecule has 0 saturated heterocycles. The van der Waals surface area contributed by atoms with Crippen LogP contribution in [0, 0.1) is 0 Å². The van der Waals surface area contributed by atoms with Gasteiger partial charge < -0.3 is 18.0 Å². The van der Waals surface area contributed by atoms with Crippen molar-refractivity contribution < 1.29 is 27.6 Å². The number of rotatable bonds is 7. The zero-order chi connectivity index (χ0) is 17.1. The number of esters is 2. The van der Waals surface area contributed by atoms with Crippen LogP contribution >= 0.6 is 0 Å². The van der Waals surface area contributed by atoms with Gasteiger partial charge in [0.1, 0.15) is 0 Å². The molecule has 0 N–H and O–H groups in total. The third-order valence-corrected chi connectivity index (χ3v) is 4.86. The molecule has 0 heterocycles. The van der Waals surface area contributed by atoms with Crippen molar-refractivity contribution in [2.75, 3.05) is 21.3 Å². The molecule has 0 bridgehead atoms. The van der Waals surface area contributed by atoms with Crippen LogP contribution in [0.1, 0.15) is 13.8 Å². The minimum Gasteiger partial charge on any atom is -0.386 e. The second-order valence-electron chi connectivity index (χ2n) is 4.03. The van der Waals surface area contributed by atoms with Gasteiger partial charge in [0.2, 0.25) is 0 Å². The summed E-state index contributed by atoms with van der Waals surface area (Å²) in [5.41, 5.74) is 0.388. The zero-order valence-corrected chi connectivity index (χ0v) is 14.4. The molecule has 0 aliphatic heterocycles. The highest BCUT2D eigenvalue weighted by Gasteiger charge is 2.35. The van der Waals surface area contributed by atoms with Gasteiger partial charge in [0, 0.05) is 38.5 Å². The molecule has 120 valence electrons. The van der Waals surface area contributed by atoms with Crippen molar-refractivity contribution >= 4 is 20.7 Å². The number of carbonyl (C=O) groups is 2. The number of hydrogen-bond acceptors (Lipinski definition) is 6. The smallest absolute Gasteiger partial charge is 0.386 e. The average molecular weight is 316 g/mol. The Balaban J connectivity index is 0. The van der Waals surface area contributed by atoms with E-state index in [0.29, 0.717) is 6.04 Å². The highest BCUT2D eigenvalue weighted by Crippen LogP contribution is 2.11. The summed E-state index contributed by atoms with van der Waals surface area (Å²) >= 11 is 0. The van der Waals surface area contributed by atoms with Crippen molar-refractivity contribution in [3.63, 3.8) is 0 Å². The van der Waals surface area contributed by atoms with Crippen LogP contribution in [0.15, 0.2) is 37.0 Å². The van der Waals surface area contributed by atoms with E-state index >= 15 is 0 Å². The second-order valence-corrected chi connectivity index (χ2v) is 7.02. The fourth-order valence-corrected chi connectivity index (χ4v) is 2.29. The Morgan fingerprint density at radius 1 is 0.952 bits per heavy atom. The Bertz CT molecular complexity index is 366. The zero-order valence-electron chi connectivity index (χ0n) is 13.4. The fraction of sp³-hybridized carbons (Fsp3) is 0.429. The summed E-state index contributed by atoms with van der Waals surface area (Å²) < 4.78 is 19.6. The average Bonchev–Trinajstić information content (AvgIpc) is 2.45. The lowest BCUT2D eigenvalue weighted by Crippen LogP contribution is -2.41. The van der Waals surface area contributed by atoms with Crippen LogP contribution < -0.4 is 0 Å². The Morgan fingerprint density at radius 3 is 1.43 bits per heavy atom. The van der Waals surface area contributed by atoms with E-state index < -0.39 is 20.7 Å². The Hall–Kier alpha value is -1.54. The predicted molar refractivity (Wildman–Crippen MR) is 82.5 cm³/mol. The first-order chi connectivity index (χ1) is 9.69. The molecule has 0 atom stereocenters. The van der Waals surface area contributed by atoms with Crippen LogP contribution in [-0.4, -0.2) is 42.1 Å². The SMILES string of the molecule is C=C(C)C(=O)OC(=O)C(=C)C.C=CC[Si](OC)(OC)OC. The molecule has 0 rings (SSSR count). The number of hydrogen-bond donors (Lipinski definition) is 0. The first-order valence-electron chi connectivity index (χ1n) is 6.03. The number of allylic oxidation sites excluding steroid dienone is 1. The minimum atomic E-state index is -2.34. The summed E-state index contributed by atoms with van der Waals surface area (Å²) in [6.07, 6.45) is 1.74. The van der Waals surface area contributed by atoms with Gasteiger partial charge in [-0.1, -0.05) is 19.2 Å². The summed E-state index contributed by atoms with van der Waals surface area (Å²) in [5.74, 6) is -1.42. The van der Waals surface area contributed by atoms with Gasteiger partial charge in [-0.05, 0) is 13.8 Å². The van der Waals surface area contributed by atoms with Crippen molar-refractivity contribution in [2.45, 2.75) is 19.9 Å².